The SMILES string of the molecule is C=CC(=O)N1CCN(c2nc(=O)n3c4c2cc(Cl)c(-c2ccccc2C=O)[n+]4C(C)c2nccc(C)c2-3)[C@@H](C)C1. The van der Waals surface area contributed by atoms with Crippen LogP contribution in [0.15, 0.2) is 60.0 Å². The zero-order chi connectivity index (χ0) is 28.3. The summed E-state index contributed by atoms with van der Waals surface area (Å²) in [5.74, 6) is 0.388. The van der Waals surface area contributed by atoms with Crippen LogP contribution >= 0.6 is 11.6 Å². The molecule has 9 nitrogen and oxygen atoms in total. The Morgan fingerprint density at radius 2 is 1.98 bits per heavy atom. The zero-order valence-electron chi connectivity index (χ0n) is 22.5. The van der Waals surface area contributed by atoms with E-state index >= 15 is 0 Å². The van der Waals surface area contributed by atoms with Gasteiger partial charge in [-0.05, 0) is 45.0 Å². The maximum atomic E-state index is 13.9. The van der Waals surface area contributed by atoms with Gasteiger partial charge in [-0.15, -0.1) is 4.57 Å². The number of amides is 1. The Morgan fingerprint density at radius 3 is 2.70 bits per heavy atom. The number of aromatic nitrogens is 4. The van der Waals surface area contributed by atoms with Crippen LogP contribution in [0.2, 0.25) is 5.02 Å². The molecule has 1 saturated heterocycles. The molecule has 202 valence electrons. The van der Waals surface area contributed by atoms with Crippen molar-refractivity contribution in [3.05, 3.63) is 87.6 Å². The molecule has 0 N–H and O–H groups in total. The van der Waals surface area contributed by atoms with Crippen molar-refractivity contribution in [2.45, 2.75) is 32.9 Å². The smallest absolute Gasteiger partial charge is 0.349 e. The summed E-state index contributed by atoms with van der Waals surface area (Å²) < 4.78 is 3.62. The van der Waals surface area contributed by atoms with Gasteiger partial charge in [0, 0.05) is 48.6 Å². The zero-order valence-corrected chi connectivity index (χ0v) is 23.2. The first-order chi connectivity index (χ1) is 19.3. The predicted molar refractivity (Wildman–Crippen MR) is 153 cm³/mol. The van der Waals surface area contributed by atoms with Crippen LogP contribution in [0.4, 0.5) is 5.82 Å². The van der Waals surface area contributed by atoms with Crippen molar-refractivity contribution in [3.63, 3.8) is 0 Å². The van der Waals surface area contributed by atoms with Gasteiger partial charge < -0.3 is 9.80 Å². The van der Waals surface area contributed by atoms with Crippen molar-refractivity contribution < 1.29 is 14.2 Å². The maximum absolute atomic E-state index is 13.9. The van der Waals surface area contributed by atoms with E-state index in [9.17, 15) is 14.4 Å². The van der Waals surface area contributed by atoms with E-state index in [4.69, 9.17) is 11.6 Å². The number of aryl methyl sites for hydroxylation is 1. The molecule has 2 aliphatic heterocycles. The van der Waals surface area contributed by atoms with Gasteiger partial charge in [-0.25, -0.2) is 9.36 Å². The number of aldehydes is 1. The number of halogens is 1. The summed E-state index contributed by atoms with van der Waals surface area (Å²) in [6, 6.07) is 10.6. The number of fused-ring (bicyclic) bond motifs is 2. The normalized spacial score (nSPS) is 18.0. The number of hydrogen-bond donors (Lipinski definition) is 0. The lowest BCUT2D eigenvalue weighted by molar-refractivity contribution is -0.679. The maximum Gasteiger partial charge on any atom is 0.442 e. The fraction of sp³-hybridized carbons (Fsp3) is 0.267. The van der Waals surface area contributed by atoms with Crippen molar-refractivity contribution in [2.24, 2.45) is 0 Å². The van der Waals surface area contributed by atoms with E-state index in [2.05, 4.69) is 21.4 Å². The van der Waals surface area contributed by atoms with Crippen molar-refractivity contribution >= 4 is 40.6 Å². The van der Waals surface area contributed by atoms with Crippen LogP contribution in [-0.2, 0) is 4.79 Å². The van der Waals surface area contributed by atoms with E-state index in [1.165, 1.54) is 6.08 Å². The van der Waals surface area contributed by atoms with Gasteiger partial charge in [-0.3, -0.25) is 14.6 Å². The Balaban J connectivity index is 1.70. The van der Waals surface area contributed by atoms with Gasteiger partial charge in [0.05, 0.1) is 5.02 Å². The average molecular weight is 556 g/mol. The molecule has 40 heavy (non-hydrogen) atoms. The van der Waals surface area contributed by atoms with E-state index in [-0.39, 0.29) is 18.0 Å². The fourth-order valence-corrected chi connectivity index (χ4v) is 6.36. The number of hydrogen-bond acceptors (Lipinski definition) is 6. The standard InChI is InChI=1S/C30H28ClN6O3/c1-5-24(39)34-12-13-35(18(3)15-34)28-22-14-23(31)27(21-9-7-6-8-20(21)16-38)36-19(4)25-26(17(2)10-11-32-25)37(29(22)36)30(40)33-28/h5-11,14,16,18-19H,1,12-13,15H2,2-4H3/q+1/t18-,19?/m0/s1. The van der Waals surface area contributed by atoms with Crippen LogP contribution < -0.4 is 15.2 Å². The Hall–Kier alpha value is -4.37. The monoisotopic (exact) mass is 555 g/mol. The number of piperazine rings is 1. The molecule has 0 saturated carbocycles. The van der Waals surface area contributed by atoms with Crippen LogP contribution in [0.5, 0.6) is 0 Å². The van der Waals surface area contributed by atoms with Crippen LogP contribution in [-0.4, -0.2) is 57.3 Å². The summed E-state index contributed by atoms with van der Waals surface area (Å²) in [4.78, 5) is 51.4. The third-order valence-electron chi connectivity index (χ3n) is 7.94. The molecule has 6 rings (SSSR count). The number of anilines is 1. The lowest BCUT2D eigenvalue weighted by Crippen LogP contribution is -2.55. The van der Waals surface area contributed by atoms with E-state index in [1.807, 2.05) is 49.6 Å². The minimum atomic E-state index is -0.436. The summed E-state index contributed by atoms with van der Waals surface area (Å²) in [5.41, 5.74) is 4.28. The molecule has 10 heteroatoms. The molecule has 3 aromatic heterocycles. The first kappa shape index (κ1) is 25.9. The van der Waals surface area contributed by atoms with E-state index < -0.39 is 5.69 Å². The largest absolute Gasteiger partial charge is 0.442 e. The van der Waals surface area contributed by atoms with Crippen molar-refractivity contribution in [1.82, 2.24) is 19.4 Å². The van der Waals surface area contributed by atoms with Crippen molar-refractivity contribution in [2.75, 3.05) is 24.5 Å². The molecule has 0 radical (unpaired) electrons. The van der Waals surface area contributed by atoms with Crippen LogP contribution in [0.3, 0.4) is 0 Å². The highest BCUT2D eigenvalue weighted by molar-refractivity contribution is 6.33. The second-order valence-electron chi connectivity index (χ2n) is 10.3. The number of carbonyl (C=O) groups excluding carboxylic acids is 2. The lowest BCUT2D eigenvalue weighted by Gasteiger charge is -2.40. The van der Waals surface area contributed by atoms with Gasteiger partial charge in [0.1, 0.15) is 17.1 Å². The van der Waals surface area contributed by atoms with Gasteiger partial charge in [0.2, 0.25) is 5.91 Å². The second kappa shape index (κ2) is 9.67. The number of benzene rings is 1. The number of carbonyl (C=O) groups is 2. The summed E-state index contributed by atoms with van der Waals surface area (Å²) in [7, 11) is 0. The third kappa shape index (κ3) is 3.76. The molecule has 5 heterocycles. The number of rotatable bonds is 4. The molecule has 2 aliphatic rings. The highest BCUT2D eigenvalue weighted by Crippen LogP contribution is 2.39. The molecular formula is C30H28ClN6O3+. The summed E-state index contributed by atoms with van der Waals surface area (Å²) in [5, 5.41) is 1.12. The van der Waals surface area contributed by atoms with Crippen molar-refractivity contribution in [3.8, 4) is 16.9 Å². The van der Waals surface area contributed by atoms with E-state index in [0.717, 1.165) is 11.8 Å². The first-order valence-electron chi connectivity index (χ1n) is 13.2. The summed E-state index contributed by atoms with van der Waals surface area (Å²) >= 11 is 7.07. The number of nitrogens with zero attached hydrogens (tertiary/aromatic N) is 6. The fourth-order valence-electron chi connectivity index (χ4n) is 6.06. The molecular weight excluding hydrogens is 528 g/mol. The highest BCUT2D eigenvalue weighted by atomic mass is 35.5. The summed E-state index contributed by atoms with van der Waals surface area (Å²) in [6.45, 7) is 11.0. The summed E-state index contributed by atoms with van der Waals surface area (Å²) in [6.07, 6.45) is 3.86. The molecule has 2 atom stereocenters. The van der Waals surface area contributed by atoms with Gasteiger partial charge in [-0.1, -0.05) is 36.4 Å². The number of pyridine rings is 2. The van der Waals surface area contributed by atoms with Gasteiger partial charge in [0.15, 0.2) is 23.5 Å². The minimum absolute atomic E-state index is 0.109. The molecule has 4 aromatic rings. The minimum Gasteiger partial charge on any atom is -0.349 e. The topological polar surface area (TPSA) is 92.3 Å². The van der Waals surface area contributed by atoms with Crippen LogP contribution in [0, 0.1) is 6.92 Å². The molecule has 1 amide bonds. The first-order valence-corrected chi connectivity index (χ1v) is 13.5. The quantitative estimate of drug-likeness (QED) is 0.217. The lowest BCUT2D eigenvalue weighted by atomic mass is 9.99. The second-order valence-corrected chi connectivity index (χ2v) is 10.7. The molecule has 1 aromatic carbocycles. The van der Waals surface area contributed by atoms with Crippen LogP contribution in [0.1, 0.15) is 41.5 Å². The van der Waals surface area contributed by atoms with E-state index in [1.54, 1.807) is 27.8 Å². The Morgan fingerprint density at radius 1 is 1.20 bits per heavy atom. The average Bonchev–Trinajstić information content (AvgIpc) is 2.95. The van der Waals surface area contributed by atoms with E-state index in [0.29, 0.717) is 69.7 Å². The molecule has 1 fully saturated rings. The highest BCUT2D eigenvalue weighted by Gasteiger charge is 2.40. The predicted octanol–water partition coefficient (Wildman–Crippen LogP) is 3.66. The Kier molecular flexibility index (Phi) is 6.26. The Bertz CT molecular complexity index is 1800. The molecule has 0 spiro atoms. The third-order valence-corrected chi connectivity index (χ3v) is 8.23. The molecule has 1 unspecified atom stereocenters. The van der Waals surface area contributed by atoms with Crippen molar-refractivity contribution in [1.29, 1.82) is 0 Å². The van der Waals surface area contributed by atoms with Crippen LogP contribution in [0.25, 0.3) is 28.0 Å². The van der Waals surface area contributed by atoms with Gasteiger partial charge in [-0.2, -0.15) is 4.98 Å². The van der Waals surface area contributed by atoms with Gasteiger partial charge >= 0.3 is 11.3 Å². The van der Waals surface area contributed by atoms with Gasteiger partial charge in [0.25, 0.3) is 0 Å². The Labute approximate surface area is 236 Å². The molecule has 0 bridgehead atoms. The molecule has 0 aliphatic carbocycles.